The van der Waals surface area contributed by atoms with Crippen LogP contribution >= 0.6 is 11.8 Å². The molecular weight excluding hydrogens is 375 g/mol. The third-order valence-electron chi connectivity index (χ3n) is 5.19. The van der Waals surface area contributed by atoms with Gasteiger partial charge in [0.2, 0.25) is 5.91 Å². The number of carbonyl (C=O) groups excluding carboxylic acids is 1. The Hall–Kier alpha value is -1.89. The summed E-state index contributed by atoms with van der Waals surface area (Å²) in [6.45, 7) is 9.11. The second kappa shape index (κ2) is 9.07. The van der Waals surface area contributed by atoms with Crippen molar-refractivity contribution in [2.45, 2.75) is 70.7 Å². The van der Waals surface area contributed by atoms with E-state index in [0.717, 1.165) is 12.8 Å². The summed E-state index contributed by atoms with van der Waals surface area (Å²) in [6, 6.07) is 7.16. The maximum atomic E-state index is 14.3. The fraction of sp³-hybridized carbons (Fsp3) is 0.571. The van der Waals surface area contributed by atoms with Crippen molar-refractivity contribution in [1.29, 1.82) is 0 Å². The van der Waals surface area contributed by atoms with Crippen LogP contribution < -0.4 is 0 Å². The number of halogens is 1. The molecule has 7 heteroatoms. The SMILES string of the molecule is CC(C)Cn1c(SCC(=O)N2[C@H](C)CCC[C@@H]2C)nnc1-c1ccccc1F. The van der Waals surface area contributed by atoms with Gasteiger partial charge in [-0.1, -0.05) is 37.7 Å². The molecule has 2 aromatic rings. The fourth-order valence-electron chi connectivity index (χ4n) is 3.88. The zero-order valence-electron chi connectivity index (χ0n) is 17.1. The van der Waals surface area contributed by atoms with E-state index >= 15 is 0 Å². The lowest BCUT2D eigenvalue weighted by Gasteiger charge is -2.39. The topological polar surface area (TPSA) is 51.0 Å². The smallest absolute Gasteiger partial charge is 0.233 e. The van der Waals surface area contributed by atoms with Crippen molar-refractivity contribution < 1.29 is 9.18 Å². The van der Waals surface area contributed by atoms with E-state index in [9.17, 15) is 9.18 Å². The third kappa shape index (κ3) is 4.57. The van der Waals surface area contributed by atoms with Crippen molar-refractivity contribution in [3.05, 3.63) is 30.1 Å². The van der Waals surface area contributed by atoms with E-state index in [4.69, 9.17) is 0 Å². The molecule has 1 aliphatic rings. The highest BCUT2D eigenvalue weighted by Crippen LogP contribution is 2.28. The molecule has 1 aromatic carbocycles. The van der Waals surface area contributed by atoms with E-state index in [0.29, 0.717) is 34.8 Å². The van der Waals surface area contributed by atoms with Crippen LogP contribution in [0.1, 0.15) is 47.0 Å². The Morgan fingerprint density at radius 1 is 1.21 bits per heavy atom. The molecule has 152 valence electrons. The zero-order valence-corrected chi connectivity index (χ0v) is 17.9. The van der Waals surface area contributed by atoms with Gasteiger partial charge >= 0.3 is 0 Å². The molecule has 2 heterocycles. The Kier molecular flexibility index (Phi) is 6.75. The fourth-order valence-corrected chi connectivity index (χ4v) is 4.70. The van der Waals surface area contributed by atoms with Gasteiger partial charge in [0, 0.05) is 18.6 Å². The molecule has 1 saturated heterocycles. The van der Waals surface area contributed by atoms with Crippen molar-refractivity contribution >= 4 is 17.7 Å². The molecule has 1 fully saturated rings. The second-order valence-electron chi connectivity index (χ2n) is 8.01. The summed E-state index contributed by atoms with van der Waals surface area (Å²) >= 11 is 1.39. The van der Waals surface area contributed by atoms with Gasteiger partial charge in [0.25, 0.3) is 0 Å². The first-order chi connectivity index (χ1) is 13.4. The lowest BCUT2D eigenvalue weighted by Crippen LogP contribution is -2.48. The zero-order chi connectivity index (χ0) is 20.3. The van der Waals surface area contributed by atoms with E-state index in [2.05, 4.69) is 37.9 Å². The number of amides is 1. The Morgan fingerprint density at radius 3 is 2.54 bits per heavy atom. The number of piperidine rings is 1. The van der Waals surface area contributed by atoms with Gasteiger partial charge in [-0.2, -0.15) is 0 Å². The average Bonchev–Trinajstić information content (AvgIpc) is 3.02. The van der Waals surface area contributed by atoms with Crippen LogP contribution in [-0.4, -0.2) is 43.4 Å². The van der Waals surface area contributed by atoms with Gasteiger partial charge in [0.15, 0.2) is 11.0 Å². The minimum Gasteiger partial charge on any atom is -0.337 e. The number of hydrogen-bond donors (Lipinski definition) is 0. The second-order valence-corrected chi connectivity index (χ2v) is 8.95. The number of likely N-dealkylation sites (tertiary alicyclic amines) is 1. The van der Waals surface area contributed by atoms with Gasteiger partial charge in [0.05, 0.1) is 11.3 Å². The van der Waals surface area contributed by atoms with Crippen LogP contribution in [-0.2, 0) is 11.3 Å². The highest BCUT2D eigenvalue weighted by atomic mass is 32.2. The Morgan fingerprint density at radius 2 is 1.89 bits per heavy atom. The monoisotopic (exact) mass is 404 g/mol. The normalized spacial score (nSPS) is 20.0. The molecule has 5 nitrogen and oxygen atoms in total. The van der Waals surface area contributed by atoms with E-state index in [1.54, 1.807) is 18.2 Å². The van der Waals surface area contributed by atoms with Crippen LogP contribution in [0.5, 0.6) is 0 Å². The predicted molar refractivity (Wildman–Crippen MR) is 111 cm³/mol. The number of benzene rings is 1. The quantitative estimate of drug-likeness (QED) is 0.659. The summed E-state index contributed by atoms with van der Waals surface area (Å²) in [5.41, 5.74) is 0.437. The first-order valence-corrected chi connectivity index (χ1v) is 11.0. The standard InChI is InChI=1S/C21H29FN4OS/c1-14(2)12-25-20(17-10-5-6-11-18(17)22)23-24-21(25)28-13-19(27)26-15(3)8-7-9-16(26)4/h5-6,10-11,14-16H,7-9,12-13H2,1-4H3/t15-,16+. The first kappa shape index (κ1) is 20.8. The van der Waals surface area contributed by atoms with E-state index in [1.807, 2.05) is 9.47 Å². The van der Waals surface area contributed by atoms with Crippen LogP contribution in [0.3, 0.4) is 0 Å². The van der Waals surface area contributed by atoms with E-state index < -0.39 is 0 Å². The van der Waals surface area contributed by atoms with Crippen molar-refractivity contribution in [2.75, 3.05) is 5.75 Å². The average molecular weight is 405 g/mol. The third-order valence-corrected chi connectivity index (χ3v) is 6.14. The summed E-state index contributed by atoms with van der Waals surface area (Å²) in [5, 5.41) is 9.19. The molecule has 0 spiro atoms. The lowest BCUT2D eigenvalue weighted by molar-refractivity contribution is -0.134. The van der Waals surface area contributed by atoms with Crippen LogP contribution in [0.25, 0.3) is 11.4 Å². The molecule has 28 heavy (non-hydrogen) atoms. The van der Waals surface area contributed by atoms with Gasteiger partial charge in [-0.25, -0.2) is 4.39 Å². The summed E-state index contributed by atoms with van der Waals surface area (Å²) < 4.78 is 16.2. The van der Waals surface area contributed by atoms with Gasteiger partial charge < -0.3 is 9.47 Å². The summed E-state index contributed by atoms with van der Waals surface area (Å²) in [4.78, 5) is 14.9. The minimum absolute atomic E-state index is 0.135. The summed E-state index contributed by atoms with van der Waals surface area (Å²) in [7, 11) is 0. The van der Waals surface area contributed by atoms with E-state index in [1.165, 1.54) is 24.2 Å². The Balaban J connectivity index is 1.80. The molecule has 1 amide bonds. The van der Waals surface area contributed by atoms with Gasteiger partial charge in [-0.15, -0.1) is 10.2 Å². The number of carbonyl (C=O) groups is 1. The molecule has 1 aliphatic heterocycles. The predicted octanol–water partition coefficient (Wildman–Crippen LogP) is 4.62. The summed E-state index contributed by atoms with van der Waals surface area (Å²) in [5.74, 6) is 1.00. The maximum Gasteiger partial charge on any atom is 0.233 e. The molecule has 0 unspecified atom stereocenters. The van der Waals surface area contributed by atoms with E-state index in [-0.39, 0.29) is 23.8 Å². The van der Waals surface area contributed by atoms with Gasteiger partial charge in [-0.05, 0) is 51.2 Å². The number of thioether (sulfide) groups is 1. The molecule has 1 aromatic heterocycles. The number of aromatic nitrogens is 3. The molecule has 0 bridgehead atoms. The van der Waals surface area contributed by atoms with Gasteiger partial charge in [0.1, 0.15) is 5.82 Å². The molecule has 0 saturated carbocycles. The Bertz CT molecular complexity index is 812. The molecule has 0 radical (unpaired) electrons. The largest absolute Gasteiger partial charge is 0.337 e. The molecule has 0 aliphatic carbocycles. The van der Waals surface area contributed by atoms with Crippen molar-refractivity contribution in [3.8, 4) is 11.4 Å². The Labute approximate surface area is 170 Å². The highest BCUT2D eigenvalue weighted by molar-refractivity contribution is 7.99. The minimum atomic E-state index is -0.316. The molecule has 0 N–H and O–H groups in total. The lowest BCUT2D eigenvalue weighted by atomic mass is 9.98. The number of hydrogen-bond acceptors (Lipinski definition) is 4. The van der Waals surface area contributed by atoms with Crippen LogP contribution in [0.4, 0.5) is 4.39 Å². The van der Waals surface area contributed by atoms with Crippen molar-refractivity contribution in [3.63, 3.8) is 0 Å². The van der Waals surface area contributed by atoms with Crippen LogP contribution in [0, 0.1) is 11.7 Å². The van der Waals surface area contributed by atoms with Crippen molar-refractivity contribution in [1.82, 2.24) is 19.7 Å². The number of nitrogens with zero attached hydrogens (tertiary/aromatic N) is 4. The van der Waals surface area contributed by atoms with Crippen LogP contribution in [0.2, 0.25) is 0 Å². The molecular formula is C21H29FN4OS. The highest BCUT2D eigenvalue weighted by Gasteiger charge is 2.29. The first-order valence-electron chi connectivity index (χ1n) is 10.0. The van der Waals surface area contributed by atoms with Gasteiger partial charge in [-0.3, -0.25) is 4.79 Å². The van der Waals surface area contributed by atoms with Crippen LogP contribution in [0.15, 0.2) is 29.4 Å². The molecule has 2 atom stereocenters. The molecule has 3 rings (SSSR count). The number of rotatable bonds is 6. The van der Waals surface area contributed by atoms with Crippen molar-refractivity contribution in [2.24, 2.45) is 5.92 Å². The summed E-state index contributed by atoms with van der Waals surface area (Å²) in [6.07, 6.45) is 3.29. The maximum absolute atomic E-state index is 14.3.